The SMILES string of the molecule is CCc1ocnc1C(=O)N[C@H]1CCCCC[C@H]1C(=O)O. The smallest absolute Gasteiger partial charge is 0.308 e. The number of carboxylic acid groups (broad SMARTS) is 1. The van der Waals surface area contributed by atoms with E-state index in [-0.39, 0.29) is 17.6 Å². The number of hydrogen-bond acceptors (Lipinski definition) is 4. The van der Waals surface area contributed by atoms with Crippen molar-refractivity contribution in [3.63, 3.8) is 0 Å². The highest BCUT2D eigenvalue weighted by Gasteiger charge is 2.31. The number of carboxylic acids is 1. The van der Waals surface area contributed by atoms with Gasteiger partial charge in [-0.3, -0.25) is 9.59 Å². The first-order valence-electron chi connectivity index (χ1n) is 7.09. The lowest BCUT2D eigenvalue weighted by molar-refractivity contribution is -0.142. The molecule has 1 aliphatic rings. The first kappa shape index (κ1) is 14.6. The first-order valence-corrected chi connectivity index (χ1v) is 7.09. The molecule has 110 valence electrons. The van der Waals surface area contributed by atoms with E-state index < -0.39 is 11.9 Å². The number of carbonyl (C=O) groups excluding carboxylic acids is 1. The van der Waals surface area contributed by atoms with Crippen LogP contribution in [-0.2, 0) is 11.2 Å². The molecule has 1 aliphatic carbocycles. The molecule has 1 saturated carbocycles. The average Bonchev–Trinajstić information content (AvgIpc) is 2.78. The van der Waals surface area contributed by atoms with Crippen LogP contribution in [0.1, 0.15) is 55.3 Å². The molecule has 1 amide bonds. The number of amides is 1. The minimum atomic E-state index is -0.840. The van der Waals surface area contributed by atoms with E-state index in [1.54, 1.807) is 0 Å². The van der Waals surface area contributed by atoms with Gasteiger partial charge in [0.2, 0.25) is 0 Å². The Balaban J connectivity index is 2.09. The molecule has 2 atom stereocenters. The summed E-state index contributed by atoms with van der Waals surface area (Å²) < 4.78 is 5.13. The van der Waals surface area contributed by atoms with Gasteiger partial charge >= 0.3 is 5.97 Å². The molecule has 2 N–H and O–H groups in total. The van der Waals surface area contributed by atoms with Gasteiger partial charge in [0.1, 0.15) is 5.76 Å². The van der Waals surface area contributed by atoms with Crippen molar-refractivity contribution in [1.82, 2.24) is 10.3 Å². The summed E-state index contributed by atoms with van der Waals surface area (Å²) in [4.78, 5) is 27.5. The standard InChI is InChI=1S/C14H20N2O4/c1-2-11-12(15-8-20-11)13(17)16-10-7-5-3-4-6-9(10)14(18)19/h8-10H,2-7H2,1H3,(H,16,17)(H,18,19)/t9-,10+/m1/s1. The zero-order valence-corrected chi connectivity index (χ0v) is 11.6. The van der Waals surface area contributed by atoms with Crippen LogP contribution in [-0.4, -0.2) is 28.0 Å². The van der Waals surface area contributed by atoms with E-state index in [0.717, 1.165) is 19.3 Å². The van der Waals surface area contributed by atoms with Gasteiger partial charge in [-0.25, -0.2) is 4.98 Å². The third-order valence-electron chi connectivity index (χ3n) is 3.83. The summed E-state index contributed by atoms with van der Waals surface area (Å²) >= 11 is 0. The van der Waals surface area contributed by atoms with Crippen LogP contribution in [0.5, 0.6) is 0 Å². The van der Waals surface area contributed by atoms with Crippen molar-refractivity contribution in [1.29, 1.82) is 0 Å². The minimum Gasteiger partial charge on any atom is -0.481 e. The van der Waals surface area contributed by atoms with Crippen molar-refractivity contribution in [3.05, 3.63) is 17.8 Å². The van der Waals surface area contributed by atoms with Crippen LogP contribution >= 0.6 is 0 Å². The van der Waals surface area contributed by atoms with Gasteiger partial charge in [-0.05, 0) is 12.8 Å². The van der Waals surface area contributed by atoms with Gasteiger partial charge in [-0.2, -0.15) is 0 Å². The van der Waals surface area contributed by atoms with E-state index >= 15 is 0 Å². The summed E-state index contributed by atoms with van der Waals surface area (Å²) in [5.74, 6) is -1.16. The quantitative estimate of drug-likeness (QED) is 0.823. The fourth-order valence-corrected chi connectivity index (χ4v) is 2.72. The van der Waals surface area contributed by atoms with Crippen LogP contribution in [0.4, 0.5) is 0 Å². The summed E-state index contributed by atoms with van der Waals surface area (Å²) in [5, 5.41) is 12.1. The fraction of sp³-hybridized carbons (Fsp3) is 0.643. The predicted molar refractivity (Wildman–Crippen MR) is 71.3 cm³/mol. The van der Waals surface area contributed by atoms with E-state index in [9.17, 15) is 14.7 Å². The second-order valence-electron chi connectivity index (χ2n) is 5.14. The average molecular weight is 280 g/mol. The van der Waals surface area contributed by atoms with Gasteiger partial charge in [-0.1, -0.05) is 26.2 Å². The fourth-order valence-electron chi connectivity index (χ4n) is 2.72. The Hall–Kier alpha value is -1.85. The molecule has 1 fully saturated rings. The number of aliphatic carboxylic acids is 1. The highest BCUT2D eigenvalue weighted by atomic mass is 16.4. The van der Waals surface area contributed by atoms with Gasteiger partial charge in [0.05, 0.1) is 5.92 Å². The van der Waals surface area contributed by atoms with Crippen molar-refractivity contribution in [2.75, 3.05) is 0 Å². The summed E-state index contributed by atoms with van der Waals surface area (Å²) in [7, 11) is 0. The van der Waals surface area contributed by atoms with Crippen molar-refractivity contribution < 1.29 is 19.1 Å². The highest BCUT2D eigenvalue weighted by molar-refractivity contribution is 5.93. The second kappa shape index (κ2) is 6.54. The van der Waals surface area contributed by atoms with E-state index in [4.69, 9.17) is 4.42 Å². The van der Waals surface area contributed by atoms with Crippen LogP contribution in [0.2, 0.25) is 0 Å². The molecule has 2 rings (SSSR count). The lowest BCUT2D eigenvalue weighted by atomic mass is 9.94. The molecule has 20 heavy (non-hydrogen) atoms. The van der Waals surface area contributed by atoms with Crippen molar-refractivity contribution in [2.24, 2.45) is 5.92 Å². The summed E-state index contributed by atoms with van der Waals surface area (Å²) in [5.41, 5.74) is 0.265. The van der Waals surface area contributed by atoms with E-state index in [0.29, 0.717) is 25.0 Å². The van der Waals surface area contributed by atoms with E-state index in [2.05, 4.69) is 10.3 Å². The number of hydrogen-bond donors (Lipinski definition) is 2. The Kier molecular flexibility index (Phi) is 4.76. The largest absolute Gasteiger partial charge is 0.481 e. The van der Waals surface area contributed by atoms with Gasteiger partial charge in [-0.15, -0.1) is 0 Å². The number of aryl methyl sites for hydroxylation is 1. The predicted octanol–water partition coefficient (Wildman–Crippen LogP) is 2.00. The molecule has 0 aromatic carbocycles. The Morgan fingerprint density at radius 3 is 2.85 bits per heavy atom. The van der Waals surface area contributed by atoms with Crippen LogP contribution in [0, 0.1) is 5.92 Å². The van der Waals surface area contributed by atoms with Gasteiger partial charge in [0.15, 0.2) is 12.1 Å². The first-order chi connectivity index (χ1) is 9.63. The topological polar surface area (TPSA) is 92.4 Å². The molecular formula is C14H20N2O4. The number of rotatable bonds is 4. The van der Waals surface area contributed by atoms with Gasteiger partial charge in [0, 0.05) is 12.5 Å². The molecule has 0 bridgehead atoms. The molecular weight excluding hydrogens is 260 g/mol. The number of aromatic nitrogens is 1. The summed E-state index contributed by atoms with van der Waals surface area (Å²) in [6.07, 6.45) is 5.98. The molecule has 6 nitrogen and oxygen atoms in total. The lowest BCUT2D eigenvalue weighted by Gasteiger charge is -2.22. The zero-order valence-electron chi connectivity index (χ0n) is 11.6. The van der Waals surface area contributed by atoms with Crippen LogP contribution in [0.3, 0.4) is 0 Å². The Labute approximate surface area is 117 Å². The Morgan fingerprint density at radius 2 is 2.15 bits per heavy atom. The molecule has 1 aromatic heterocycles. The monoisotopic (exact) mass is 280 g/mol. The third-order valence-corrected chi connectivity index (χ3v) is 3.83. The number of nitrogens with one attached hydrogen (secondary N) is 1. The van der Waals surface area contributed by atoms with Crippen molar-refractivity contribution in [2.45, 2.75) is 51.5 Å². The number of oxazole rings is 1. The number of carbonyl (C=O) groups is 2. The maximum absolute atomic E-state index is 12.2. The summed E-state index contributed by atoms with van der Waals surface area (Å²) in [6.45, 7) is 1.88. The normalized spacial score (nSPS) is 23.1. The molecule has 1 heterocycles. The van der Waals surface area contributed by atoms with Crippen LogP contribution in [0.15, 0.2) is 10.8 Å². The maximum Gasteiger partial charge on any atom is 0.308 e. The van der Waals surface area contributed by atoms with E-state index in [1.807, 2.05) is 6.92 Å². The number of nitrogens with zero attached hydrogens (tertiary/aromatic N) is 1. The Bertz CT molecular complexity index is 483. The van der Waals surface area contributed by atoms with Gasteiger partial charge in [0.25, 0.3) is 5.91 Å². The second-order valence-corrected chi connectivity index (χ2v) is 5.14. The van der Waals surface area contributed by atoms with E-state index in [1.165, 1.54) is 6.39 Å². The summed E-state index contributed by atoms with van der Waals surface area (Å²) in [6, 6.07) is -0.330. The molecule has 0 spiro atoms. The Morgan fingerprint density at radius 1 is 1.40 bits per heavy atom. The highest BCUT2D eigenvalue weighted by Crippen LogP contribution is 2.24. The molecule has 0 radical (unpaired) electrons. The molecule has 0 unspecified atom stereocenters. The van der Waals surface area contributed by atoms with Crippen molar-refractivity contribution in [3.8, 4) is 0 Å². The van der Waals surface area contributed by atoms with Crippen LogP contribution in [0.25, 0.3) is 0 Å². The maximum atomic E-state index is 12.2. The molecule has 1 aromatic rings. The molecule has 0 saturated heterocycles. The van der Waals surface area contributed by atoms with Crippen molar-refractivity contribution >= 4 is 11.9 Å². The lowest BCUT2D eigenvalue weighted by Crippen LogP contribution is -2.43. The minimum absolute atomic E-state index is 0.265. The van der Waals surface area contributed by atoms with Gasteiger partial charge < -0.3 is 14.8 Å². The third kappa shape index (κ3) is 3.18. The molecule has 6 heteroatoms. The zero-order chi connectivity index (χ0) is 14.5. The molecule has 0 aliphatic heterocycles. The van der Waals surface area contributed by atoms with Crippen LogP contribution < -0.4 is 5.32 Å².